The lowest BCUT2D eigenvalue weighted by molar-refractivity contribution is -0.226. The monoisotopic (exact) mass is 486 g/mol. The lowest BCUT2D eigenvalue weighted by Crippen LogP contribution is -2.65. The summed E-state index contributed by atoms with van der Waals surface area (Å²) < 4.78 is 0. The number of fused-ring (bicyclic) bond motifs is 7. The van der Waals surface area contributed by atoms with Gasteiger partial charge in [-0.1, -0.05) is 39.8 Å². The summed E-state index contributed by atoms with van der Waals surface area (Å²) in [5.41, 5.74) is -0.616. The molecule has 196 valence electrons. The summed E-state index contributed by atoms with van der Waals surface area (Å²) in [7, 11) is 0. The summed E-state index contributed by atoms with van der Waals surface area (Å²) >= 11 is 0. The van der Waals surface area contributed by atoms with Gasteiger partial charge in [-0.05, 0) is 104 Å². The quantitative estimate of drug-likeness (QED) is 0.380. The van der Waals surface area contributed by atoms with Gasteiger partial charge in [0.25, 0.3) is 0 Å². The Kier molecular flexibility index (Phi) is 5.57. The van der Waals surface area contributed by atoms with Crippen LogP contribution >= 0.6 is 0 Å². The van der Waals surface area contributed by atoms with Crippen LogP contribution in [0, 0.1) is 62.6 Å². The maximum Gasteiger partial charge on any atom is 0.309 e. The number of hydrogen-bond acceptors (Lipinski definition) is 4. The average molecular weight is 487 g/mol. The second-order valence-corrected chi connectivity index (χ2v) is 14.3. The minimum Gasteiger partial charge on any atom is -0.481 e. The van der Waals surface area contributed by atoms with E-state index in [0.717, 1.165) is 63.2 Å². The van der Waals surface area contributed by atoms with Gasteiger partial charge in [-0.3, -0.25) is 4.79 Å². The second-order valence-electron chi connectivity index (χ2n) is 14.3. The number of carboxylic acids is 1. The van der Waals surface area contributed by atoms with E-state index in [-0.39, 0.29) is 46.5 Å². The van der Waals surface area contributed by atoms with E-state index in [9.17, 15) is 24.9 Å². The predicted octanol–water partition coefficient (Wildman–Crippen LogP) is 5.10. The summed E-state index contributed by atoms with van der Waals surface area (Å²) in [6, 6.07) is 0. The van der Waals surface area contributed by atoms with Crippen molar-refractivity contribution in [3.05, 3.63) is 12.2 Å². The van der Waals surface area contributed by atoms with Crippen molar-refractivity contribution in [3.63, 3.8) is 0 Å². The van der Waals surface area contributed by atoms with Crippen LogP contribution in [0.3, 0.4) is 0 Å². The molecule has 5 aliphatic rings. The molecule has 0 amide bonds. The number of carbonyl (C=O) groups excluding carboxylic acids is 1. The van der Waals surface area contributed by atoms with Crippen LogP contribution < -0.4 is 0 Å². The summed E-state index contributed by atoms with van der Waals surface area (Å²) in [6.07, 6.45) is 7.27. The molecule has 5 heteroatoms. The summed E-state index contributed by atoms with van der Waals surface area (Å²) in [4.78, 5) is 25.3. The Morgan fingerprint density at radius 2 is 1.66 bits per heavy atom. The second kappa shape index (κ2) is 7.66. The fraction of sp³-hybridized carbons (Fsp3) is 0.867. The molecule has 0 aromatic carbocycles. The van der Waals surface area contributed by atoms with Gasteiger partial charge >= 0.3 is 5.97 Å². The van der Waals surface area contributed by atoms with Crippen molar-refractivity contribution in [2.45, 2.75) is 92.1 Å². The number of aldehydes is 1. The van der Waals surface area contributed by atoms with Gasteiger partial charge in [-0.2, -0.15) is 0 Å². The molecule has 0 spiro atoms. The Balaban J connectivity index is 1.61. The van der Waals surface area contributed by atoms with E-state index in [1.807, 2.05) is 6.92 Å². The lowest BCUT2D eigenvalue weighted by Gasteiger charge is -2.70. The van der Waals surface area contributed by atoms with Crippen molar-refractivity contribution in [2.24, 2.45) is 62.6 Å². The molecule has 5 saturated carbocycles. The lowest BCUT2D eigenvalue weighted by atomic mass is 9.34. The highest BCUT2D eigenvalue weighted by atomic mass is 16.4. The van der Waals surface area contributed by atoms with Gasteiger partial charge in [-0.25, -0.2) is 0 Å². The zero-order valence-electron chi connectivity index (χ0n) is 22.3. The summed E-state index contributed by atoms with van der Waals surface area (Å²) in [5.74, 6) is -0.0336. The molecule has 0 aromatic heterocycles. The van der Waals surface area contributed by atoms with Crippen molar-refractivity contribution in [1.82, 2.24) is 0 Å². The van der Waals surface area contributed by atoms with Crippen LogP contribution in [0.15, 0.2) is 12.2 Å². The van der Waals surface area contributed by atoms with Crippen LogP contribution in [0.1, 0.15) is 86.0 Å². The fourth-order valence-electron chi connectivity index (χ4n) is 11.7. The van der Waals surface area contributed by atoms with E-state index in [4.69, 9.17) is 0 Å². The van der Waals surface area contributed by atoms with E-state index < -0.39 is 28.8 Å². The standard InChI is InChI=1S/C30H46O5/c1-17(2)18-9-12-30(25(34)35)14-13-27(4)19(23(18)30)7-8-22-28(27,5)11-10-21-26(3,16-32)24(33)20(15-31)29(21,22)6/h15,18-24,32-33H,1,7-14,16H2,2-6H3,(H,34,35). The zero-order chi connectivity index (χ0) is 25.8. The summed E-state index contributed by atoms with van der Waals surface area (Å²) in [6.45, 7) is 15.3. The molecular formula is C30H46O5. The molecule has 12 atom stereocenters. The van der Waals surface area contributed by atoms with Gasteiger partial charge in [0, 0.05) is 11.3 Å². The Morgan fingerprint density at radius 1 is 0.971 bits per heavy atom. The minimum atomic E-state index is -0.832. The number of carbonyl (C=O) groups is 2. The van der Waals surface area contributed by atoms with Gasteiger partial charge in [0.15, 0.2) is 0 Å². The number of rotatable bonds is 4. The van der Waals surface area contributed by atoms with Crippen molar-refractivity contribution in [2.75, 3.05) is 6.61 Å². The van der Waals surface area contributed by atoms with Crippen LogP contribution in [-0.2, 0) is 9.59 Å². The zero-order valence-corrected chi connectivity index (χ0v) is 22.3. The van der Waals surface area contributed by atoms with Crippen LogP contribution in [0.2, 0.25) is 0 Å². The highest BCUT2D eigenvalue weighted by molar-refractivity contribution is 5.76. The molecule has 0 saturated heterocycles. The molecule has 5 aliphatic carbocycles. The highest BCUT2D eigenvalue weighted by Crippen LogP contribution is 2.78. The molecule has 5 fully saturated rings. The third-order valence-electron chi connectivity index (χ3n) is 13.7. The van der Waals surface area contributed by atoms with E-state index in [1.54, 1.807) is 0 Å². The van der Waals surface area contributed by atoms with Crippen molar-refractivity contribution in [1.29, 1.82) is 0 Å². The van der Waals surface area contributed by atoms with Crippen LogP contribution in [0.25, 0.3) is 0 Å². The molecule has 0 bridgehead atoms. The van der Waals surface area contributed by atoms with E-state index in [1.165, 1.54) is 0 Å². The molecule has 12 unspecified atom stereocenters. The first kappa shape index (κ1) is 25.4. The third kappa shape index (κ3) is 2.73. The molecule has 0 radical (unpaired) electrons. The maximum absolute atomic E-state index is 12.8. The maximum atomic E-state index is 12.8. The normalized spacial score (nSPS) is 56.9. The first-order chi connectivity index (χ1) is 16.3. The van der Waals surface area contributed by atoms with Gasteiger partial charge in [0.2, 0.25) is 0 Å². The number of carboxylic acid groups (broad SMARTS) is 1. The SMILES string of the molecule is C=C(C)C1CCC2(C(=O)O)CCC3(C)C(CCC4C5(C)C(C=O)C(O)C(C)(CO)C5CCC43C)C12. The summed E-state index contributed by atoms with van der Waals surface area (Å²) in [5, 5.41) is 32.2. The van der Waals surface area contributed by atoms with Crippen LogP contribution in [0.5, 0.6) is 0 Å². The van der Waals surface area contributed by atoms with Crippen molar-refractivity contribution < 1.29 is 24.9 Å². The molecule has 5 nitrogen and oxygen atoms in total. The number of aliphatic hydroxyl groups excluding tert-OH is 2. The number of aliphatic hydroxyl groups is 2. The Hall–Kier alpha value is -1.20. The van der Waals surface area contributed by atoms with E-state index in [0.29, 0.717) is 5.92 Å². The van der Waals surface area contributed by atoms with Gasteiger partial charge < -0.3 is 20.1 Å². The molecular weight excluding hydrogens is 440 g/mol. The largest absolute Gasteiger partial charge is 0.481 e. The third-order valence-corrected chi connectivity index (χ3v) is 13.7. The van der Waals surface area contributed by atoms with Crippen molar-refractivity contribution in [3.8, 4) is 0 Å². The van der Waals surface area contributed by atoms with Crippen molar-refractivity contribution >= 4 is 12.3 Å². The molecule has 35 heavy (non-hydrogen) atoms. The first-order valence-electron chi connectivity index (χ1n) is 13.9. The molecule has 0 aromatic rings. The fourth-order valence-corrected chi connectivity index (χ4v) is 11.7. The molecule has 5 rings (SSSR count). The van der Waals surface area contributed by atoms with Crippen LogP contribution in [-0.4, -0.2) is 40.3 Å². The van der Waals surface area contributed by atoms with E-state index in [2.05, 4.69) is 34.3 Å². The van der Waals surface area contributed by atoms with Gasteiger partial charge in [-0.15, -0.1) is 0 Å². The Morgan fingerprint density at radius 3 is 2.23 bits per heavy atom. The van der Waals surface area contributed by atoms with Gasteiger partial charge in [0.05, 0.1) is 18.1 Å². The Bertz CT molecular complexity index is 945. The smallest absolute Gasteiger partial charge is 0.309 e. The number of allylic oxidation sites excluding steroid dienone is 1. The predicted molar refractivity (Wildman–Crippen MR) is 134 cm³/mol. The number of aliphatic carboxylic acids is 1. The molecule has 0 aliphatic heterocycles. The topological polar surface area (TPSA) is 94.8 Å². The minimum absolute atomic E-state index is 0.0256. The van der Waals surface area contributed by atoms with E-state index >= 15 is 0 Å². The molecule has 3 N–H and O–H groups in total. The average Bonchev–Trinajstić information content (AvgIpc) is 3.27. The Labute approximate surface area is 210 Å². The van der Waals surface area contributed by atoms with Crippen LogP contribution in [0.4, 0.5) is 0 Å². The highest BCUT2D eigenvalue weighted by Gasteiger charge is 2.75. The first-order valence-corrected chi connectivity index (χ1v) is 13.9. The van der Waals surface area contributed by atoms with Gasteiger partial charge in [0.1, 0.15) is 6.29 Å². The molecule has 0 heterocycles. The number of hydrogen-bond donors (Lipinski definition) is 3.